The molecule has 1 aliphatic carbocycles. The molecule has 2 heterocycles. The van der Waals surface area contributed by atoms with Crippen LogP contribution in [0.4, 0.5) is 0 Å². The van der Waals surface area contributed by atoms with E-state index in [0.29, 0.717) is 6.10 Å². The van der Waals surface area contributed by atoms with Gasteiger partial charge in [0, 0.05) is 51.5 Å². The molecule has 1 aliphatic heterocycles. The third kappa shape index (κ3) is 4.04. The Bertz CT molecular complexity index is 429. The third-order valence-electron chi connectivity index (χ3n) is 4.18. The van der Waals surface area contributed by atoms with E-state index >= 15 is 0 Å². The minimum absolute atomic E-state index is 0.351. The van der Waals surface area contributed by atoms with Crippen molar-refractivity contribution in [3.8, 4) is 0 Å². The second-order valence-electron chi connectivity index (χ2n) is 6.41. The second kappa shape index (κ2) is 6.24. The highest BCUT2D eigenvalue weighted by Gasteiger charge is 2.27. The molecule has 1 aromatic rings. The van der Waals surface area contributed by atoms with Crippen LogP contribution in [0, 0.1) is 5.92 Å². The molecule has 0 amide bonds. The quantitative estimate of drug-likeness (QED) is 0.776. The van der Waals surface area contributed by atoms with Crippen molar-refractivity contribution in [1.82, 2.24) is 19.6 Å². The van der Waals surface area contributed by atoms with E-state index in [9.17, 15) is 0 Å². The van der Waals surface area contributed by atoms with Crippen LogP contribution < -0.4 is 0 Å². The summed E-state index contributed by atoms with van der Waals surface area (Å²) in [6, 6.07) is 0. The van der Waals surface area contributed by atoms with E-state index in [-0.39, 0.29) is 0 Å². The lowest BCUT2D eigenvalue weighted by Crippen LogP contribution is -2.46. The van der Waals surface area contributed by atoms with Crippen LogP contribution in [-0.2, 0) is 18.3 Å². The number of ether oxygens (including phenoxy) is 1. The molecule has 0 aromatic carbocycles. The molecule has 112 valence electrons. The molecular weight excluding hydrogens is 252 g/mol. The van der Waals surface area contributed by atoms with Gasteiger partial charge in [-0.1, -0.05) is 0 Å². The number of hydrogen-bond acceptors (Lipinski definition) is 4. The fourth-order valence-electron chi connectivity index (χ4n) is 2.95. The summed E-state index contributed by atoms with van der Waals surface area (Å²) in [6.45, 7) is 6.21. The van der Waals surface area contributed by atoms with Gasteiger partial charge < -0.3 is 9.64 Å². The van der Waals surface area contributed by atoms with E-state index in [1.165, 1.54) is 24.9 Å². The standard InChI is InChI=1S/C15H26N4O/c1-17-5-6-20-15(11-17)12-19(9-13-3-4-13)10-14-7-16-18(2)8-14/h7-8,13,15H,3-6,9-12H2,1-2H3/t15-/m1/s1. The molecule has 3 rings (SSSR count). The number of morpholine rings is 1. The summed E-state index contributed by atoms with van der Waals surface area (Å²) in [6.07, 6.45) is 7.25. The first-order valence-electron chi connectivity index (χ1n) is 7.69. The van der Waals surface area contributed by atoms with Crippen LogP contribution in [-0.4, -0.2) is 65.5 Å². The molecule has 0 unspecified atom stereocenters. The monoisotopic (exact) mass is 278 g/mol. The Morgan fingerprint density at radius 2 is 2.20 bits per heavy atom. The summed E-state index contributed by atoms with van der Waals surface area (Å²) in [5.41, 5.74) is 1.30. The number of rotatable bonds is 6. The summed E-state index contributed by atoms with van der Waals surface area (Å²) in [4.78, 5) is 4.92. The van der Waals surface area contributed by atoms with Crippen LogP contribution in [0.5, 0.6) is 0 Å². The van der Waals surface area contributed by atoms with Gasteiger partial charge in [0.15, 0.2) is 0 Å². The molecule has 0 N–H and O–H groups in total. The maximum Gasteiger partial charge on any atom is 0.0829 e. The smallest absolute Gasteiger partial charge is 0.0829 e. The van der Waals surface area contributed by atoms with Crippen LogP contribution in [0.15, 0.2) is 12.4 Å². The van der Waals surface area contributed by atoms with Gasteiger partial charge in [-0.2, -0.15) is 5.10 Å². The number of hydrogen-bond donors (Lipinski definition) is 0. The van der Waals surface area contributed by atoms with E-state index in [2.05, 4.69) is 28.1 Å². The highest BCUT2D eigenvalue weighted by Crippen LogP contribution is 2.30. The minimum Gasteiger partial charge on any atom is -0.374 e. The molecule has 0 bridgehead atoms. The van der Waals surface area contributed by atoms with Gasteiger partial charge in [0.1, 0.15) is 0 Å². The van der Waals surface area contributed by atoms with E-state index < -0.39 is 0 Å². The van der Waals surface area contributed by atoms with Gasteiger partial charge in [-0.25, -0.2) is 0 Å². The molecule has 0 spiro atoms. The molecule has 5 nitrogen and oxygen atoms in total. The molecule has 20 heavy (non-hydrogen) atoms. The van der Waals surface area contributed by atoms with Crippen LogP contribution in [0.25, 0.3) is 0 Å². The van der Waals surface area contributed by atoms with Gasteiger partial charge >= 0.3 is 0 Å². The normalized spacial score (nSPS) is 24.4. The fraction of sp³-hybridized carbons (Fsp3) is 0.800. The average Bonchev–Trinajstić information content (AvgIpc) is 3.11. The van der Waals surface area contributed by atoms with Crippen LogP contribution in [0.2, 0.25) is 0 Å². The van der Waals surface area contributed by atoms with Gasteiger partial charge in [0.05, 0.1) is 18.9 Å². The molecular formula is C15H26N4O. The van der Waals surface area contributed by atoms with Crippen molar-refractivity contribution in [3.63, 3.8) is 0 Å². The number of aromatic nitrogens is 2. The van der Waals surface area contributed by atoms with Crippen molar-refractivity contribution in [1.29, 1.82) is 0 Å². The first kappa shape index (κ1) is 14.0. The molecule has 1 saturated heterocycles. The topological polar surface area (TPSA) is 33.5 Å². The molecule has 5 heteroatoms. The Balaban J connectivity index is 1.56. The Morgan fingerprint density at radius 3 is 2.85 bits per heavy atom. The lowest BCUT2D eigenvalue weighted by atomic mass is 10.2. The van der Waals surface area contributed by atoms with E-state index in [4.69, 9.17) is 4.74 Å². The maximum absolute atomic E-state index is 5.92. The molecule has 0 radical (unpaired) electrons. The first-order valence-corrected chi connectivity index (χ1v) is 7.69. The minimum atomic E-state index is 0.351. The van der Waals surface area contributed by atoms with Gasteiger partial charge in [-0.15, -0.1) is 0 Å². The van der Waals surface area contributed by atoms with Crippen LogP contribution in [0.3, 0.4) is 0 Å². The molecule has 1 aromatic heterocycles. The summed E-state index contributed by atoms with van der Waals surface area (Å²) in [5, 5.41) is 4.27. The van der Waals surface area contributed by atoms with Crippen molar-refractivity contribution >= 4 is 0 Å². The lowest BCUT2D eigenvalue weighted by Gasteiger charge is -2.34. The Hall–Kier alpha value is -0.910. The SMILES string of the molecule is CN1CCO[C@@H](CN(Cc2cnn(C)c2)CC2CC2)C1. The van der Waals surface area contributed by atoms with Crippen LogP contribution in [0.1, 0.15) is 18.4 Å². The molecule has 1 saturated carbocycles. The summed E-state index contributed by atoms with van der Waals surface area (Å²) >= 11 is 0. The van der Waals surface area contributed by atoms with Crippen molar-refractivity contribution in [2.75, 3.05) is 39.8 Å². The first-order chi connectivity index (χ1) is 9.69. The molecule has 2 fully saturated rings. The Labute approximate surface area is 121 Å². The van der Waals surface area contributed by atoms with Crippen LogP contribution >= 0.6 is 0 Å². The summed E-state index contributed by atoms with van der Waals surface area (Å²) in [7, 11) is 4.16. The number of aryl methyl sites for hydroxylation is 1. The third-order valence-corrected chi connectivity index (χ3v) is 4.18. The zero-order valence-electron chi connectivity index (χ0n) is 12.7. The van der Waals surface area contributed by atoms with Gasteiger partial charge in [0.25, 0.3) is 0 Å². The van der Waals surface area contributed by atoms with E-state index in [1.54, 1.807) is 0 Å². The predicted molar refractivity (Wildman–Crippen MR) is 78.4 cm³/mol. The lowest BCUT2D eigenvalue weighted by molar-refractivity contribution is -0.0372. The van der Waals surface area contributed by atoms with Gasteiger partial charge in [0.2, 0.25) is 0 Å². The van der Waals surface area contributed by atoms with E-state index in [1.807, 2.05) is 17.9 Å². The largest absolute Gasteiger partial charge is 0.374 e. The Kier molecular flexibility index (Phi) is 4.38. The maximum atomic E-state index is 5.92. The van der Waals surface area contributed by atoms with Gasteiger partial charge in [-0.3, -0.25) is 9.58 Å². The fourth-order valence-corrected chi connectivity index (χ4v) is 2.95. The van der Waals surface area contributed by atoms with Crippen molar-refractivity contribution in [3.05, 3.63) is 18.0 Å². The zero-order chi connectivity index (χ0) is 13.9. The highest BCUT2D eigenvalue weighted by molar-refractivity contribution is 5.03. The van der Waals surface area contributed by atoms with Gasteiger partial charge in [-0.05, 0) is 25.8 Å². The Morgan fingerprint density at radius 1 is 1.35 bits per heavy atom. The molecule has 1 atom stereocenters. The number of nitrogens with zero attached hydrogens (tertiary/aromatic N) is 4. The summed E-state index contributed by atoms with van der Waals surface area (Å²) in [5.74, 6) is 0.910. The molecule has 2 aliphatic rings. The van der Waals surface area contributed by atoms with Crippen molar-refractivity contribution in [2.24, 2.45) is 13.0 Å². The van der Waals surface area contributed by atoms with Crippen molar-refractivity contribution < 1.29 is 4.74 Å². The average molecular weight is 278 g/mol. The predicted octanol–water partition coefficient (Wildman–Crippen LogP) is 0.963. The second-order valence-corrected chi connectivity index (χ2v) is 6.41. The number of likely N-dealkylation sites (N-methyl/N-ethyl adjacent to an activating group) is 1. The van der Waals surface area contributed by atoms with E-state index in [0.717, 1.165) is 38.7 Å². The highest BCUT2D eigenvalue weighted by atomic mass is 16.5. The zero-order valence-corrected chi connectivity index (χ0v) is 12.7. The summed E-state index contributed by atoms with van der Waals surface area (Å²) < 4.78 is 7.80. The van der Waals surface area contributed by atoms with Crippen molar-refractivity contribution in [2.45, 2.75) is 25.5 Å².